The molecule has 0 aliphatic heterocycles. The van der Waals surface area contributed by atoms with Gasteiger partial charge in [0.25, 0.3) is 5.91 Å². The van der Waals surface area contributed by atoms with Gasteiger partial charge in [-0.3, -0.25) is 4.79 Å². The van der Waals surface area contributed by atoms with Crippen LogP contribution in [-0.2, 0) is 13.0 Å². The van der Waals surface area contributed by atoms with Crippen LogP contribution in [0.5, 0.6) is 5.75 Å². The zero-order valence-electron chi connectivity index (χ0n) is 20.3. The van der Waals surface area contributed by atoms with E-state index in [2.05, 4.69) is 35.0 Å². The summed E-state index contributed by atoms with van der Waals surface area (Å²) < 4.78 is 7.56. The first kappa shape index (κ1) is 24.8. The van der Waals surface area contributed by atoms with Gasteiger partial charge in [-0.2, -0.15) is 0 Å². The number of carbonyl (C=O) groups is 1. The van der Waals surface area contributed by atoms with Gasteiger partial charge in [0, 0.05) is 25.1 Å². The molecule has 0 fully saturated rings. The third-order valence-corrected chi connectivity index (χ3v) is 6.18. The normalized spacial score (nSPS) is 11.1. The highest BCUT2D eigenvalue weighted by Gasteiger charge is 2.11. The van der Waals surface area contributed by atoms with Crippen molar-refractivity contribution in [2.75, 3.05) is 13.7 Å². The van der Waals surface area contributed by atoms with Crippen LogP contribution in [0.15, 0.2) is 48.5 Å². The van der Waals surface area contributed by atoms with Gasteiger partial charge in [0.1, 0.15) is 11.6 Å². The first-order chi connectivity index (χ1) is 16.2. The number of methoxy groups -OCH3 is 1. The molecule has 0 atom stereocenters. The van der Waals surface area contributed by atoms with E-state index in [1.54, 1.807) is 19.2 Å². The minimum Gasteiger partial charge on any atom is -0.497 e. The van der Waals surface area contributed by atoms with E-state index in [1.807, 2.05) is 18.2 Å². The summed E-state index contributed by atoms with van der Waals surface area (Å²) in [6.07, 6.45) is 12.6. The fraction of sp³-hybridized carbons (Fsp3) is 0.500. The van der Waals surface area contributed by atoms with E-state index in [1.165, 1.54) is 63.3 Å². The Morgan fingerprint density at radius 2 is 1.67 bits per heavy atom. The number of nitrogens with one attached hydrogen (secondary N) is 1. The molecule has 2 aromatic carbocycles. The Hall–Kier alpha value is -2.82. The lowest BCUT2D eigenvalue weighted by atomic mass is 10.1. The van der Waals surface area contributed by atoms with E-state index in [-0.39, 0.29) is 5.91 Å². The van der Waals surface area contributed by atoms with Crippen molar-refractivity contribution in [3.05, 3.63) is 59.9 Å². The molecule has 5 heteroatoms. The molecule has 0 unspecified atom stereocenters. The quantitative estimate of drug-likeness (QED) is 0.268. The fourth-order valence-electron chi connectivity index (χ4n) is 4.30. The Morgan fingerprint density at radius 3 is 2.42 bits per heavy atom. The lowest BCUT2D eigenvalue weighted by Gasteiger charge is -2.10. The Bertz CT molecular complexity index is 996. The van der Waals surface area contributed by atoms with Gasteiger partial charge in [-0.05, 0) is 36.8 Å². The number of aryl methyl sites for hydroxylation is 1. The summed E-state index contributed by atoms with van der Waals surface area (Å²) in [5.74, 6) is 1.64. The molecule has 1 heterocycles. The summed E-state index contributed by atoms with van der Waals surface area (Å²) in [5.41, 5.74) is 2.83. The van der Waals surface area contributed by atoms with Crippen LogP contribution in [0.3, 0.4) is 0 Å². The fourth-order valence-corrected chi connectivity index (χ4v) is 4.30. The monoisotopic (exact) mass is 449 g/mol. The molecule has 0 saturated carbocycles. The number of hydrogen-bond donors (Lipinski definition) is 1. The van der Waals surface area contributed by atoms with Crippen molar-refractivity contribution in [2.24, 2.45) is 0 Å². The second-order valence-electron chi connectivity index (χ2n) is 8.73. The standard InChI is InChI=1S/C28H39N3O2/c1-3-4-5-6-7-8-9-10-13-21-31-26-18-12-11-17-25(26)30-27(31)19-20-29-28(32)23-15-14-16-24(22-23)33-2/h11-12,14-18,22H,3-10,13,19-21H2,1-2H3,(H,29,32). The Morgan fingerprint density at radius 1 is 0.939 bits per heavy atom. The molecule has 1 aromatic heterocycles. The van der Waals surface area contributed by atoms with E-state index in [0.29, 0.717) is 24.3 Å². The summed E-state index contributed by atoms with van der Waals surface area (Å²) in [6.45, 7) is 3.80. The van der Waals surface area contributed by atoms with Crippen LogP contribution in [0, 0.1) is 0 Å². The number of imidazole rings is 1. The van der Waals surface area contributed by atoms with Crippen molar-refractivity contribution in [3.63, 3.8) is 0 Å². The second-order valence-corrected chi connectivity index (χ2v) is 8.73. The van der Waals surface area contributed by atoms with Crippen LogP contribution in [-0.4, -0.2) is 29.1 Å². The highest BCUT2D eigenvalue weighted by atomic mass is 16.5. The predicted molar refractivity (Wildman–Crippen MR) is 136 cm³/mol. The van der Waals surface area contributed by atoms with Gasteiger partial charge in [-0.25, -0.2) is 4.98 Å². The van der Waals surface area contributed by atoms with Crippen molar-refractivity contribution in [2.45, 2.75) is 77.7 Å². The molecule has 5 nitrogen and oxygen atoms in total. The molecule has 0 radical (unpaired) electrons. The third-order valence-electron chi connectivity index (χ3n) is 6.18. The highest BCUT2D eigenvalue weighted by molar-refractivity contribution is 5.94. The number of rotatable bonds is 15. The molecule has 1 N–H and O–H groups in total. The minimum atomic E-state index is -0.0875. The predicted octanol–water partition coefficient (Wildman–Crippen LogP) is 6.55. The van der Waals surface area contributed by atoms with Crippen molar-refractivity contribution < 1.29 is 9.53 Å². The number of carbonyl (C=O) groups excluding carboxylic acids is 1. The number of nitrogens with zero attached hydrogens (tertiary/aromatic N) is 2. The van der Waals surface area contributed by atoms with E-state index in [0.717, 1.165) is 17.9 Å². The van der Waals surface area contributed by atoms with E-state index >= 15 is 0 Å². The Labute approximate surface area is 198 Å². The van der Waals surface area contributed by atoms with Crippen LogP contribution in [0.2, 0.25) is 0 Å². The molecule has 0 aliphatic rings. The maximum Gasteiger partial charge on any atom is 0.251 e. The SMILES string of the molecule is CCCCCCCCCCCn1c(CCNC(=O)c2cccc(OC)c2)nc2ccccc21. The molecule has 178 valence electrons. The van der Waals surface area contributed by atoms with E-state index in [9.17, 15) is 4.79 Å². The first-order valence-electron chi connectivity index (χ1n) is 12.6. The van der Waals surface area contributed by atoms with Gasteiger partial charge in [-0.1, -0.05) is 76.5 Å². The molecule has 0 spiro atoms. The number of para-hydroxylation sites is 2. The third kappa shape index (κ3) is 7.62. The minimum absolute atomic E-state index is 0.0875. The van der Waals surface area contributed by atoms with Crippen LogP contribution in [0.1, 0.15) is 80.9 Å². The van der Waals surface area contributed by atoms with Crippen LogP contribution >= 0.6 is 0 Å². The Balaban J connectivity index is 1.50. The van der Waals surface area contributed by atoms with Gasteiger partial charge >= 0.3 is 0 Å². The lowest BCUT2D eigenvalue weighted by Crippen LogP contribution is -2.26. The smallest absolute Gasteiger partial charge is 0.251 e. The number of unbranched alkanes of at least 4 members (excludes halogenated alkanes) is 8. The maximum atomic E-state index is 12.5. The van der Waals surface area contributed by atoms with Crippen molar-refractivity contribution in [1.29, 1.82) is 0 Å². The average molecular weight is 450 g/mol. The number of ether oxygens (including phenoxy) is 1. The average Bonchev–Trinajstić information content (AvgIpc) is 3.20. The highest BCUT2D eigenvalue weighted by Crippen LogP contribution is 2.18. The van der Waals surface area contributed by atoms with Gasteiger partial charge < -0.3 is 14.6 Å². The lowest BCUT2D eigenvalue weighted by molar-refractivity contribution is 0.0953. The summed E-state index contributed by atoms with van der Waals surface area (Å²) in [5, 5.41) is 3.03. The molecular weight excluding hydrogens is 410 g/mol. The van der Waals surface area contributed by atoms with Gasteiger partial charge in [0.2, 0.25) is 0 Å². The molecule has 3 rings (SSSR count). The van der Waals surface area contributed by atoms with Crippen LogP contribution in [0.4, 0.5) is 0 Å². The number of aromatic nitrogens is 2. The molecular formula is C28H39N3O2. The molecule has 3 aromatic rings. The summed E-state index contributed by atoms with van der Waals surface area (Å²) in [4.78, 5) is 17.4. The summed E-state index contributed by atoms with van der Waals surface area (Å²) in [6, 6.07) is 15.6. The van der Waals surface area contributed by atoms with Crippen LogP contribution in [0.25, 0.3) is 11.0 Å². The van der Waals surface area contributed by atoms with E-state index in [4.69, 9.17) is 9.72 Å². The van der Waals surface area contributed by atoms with E-state index < -0.39 is 0 Å². The zero-order chi connectivity index (χ0) is 23.3. The number of fused-ring (bicyclic) bond motifs is 1. The maximum absolute atomic E-state index is 12.5. The van der Waals surface area contributed by atoms with Crippen molar-refractivity contribution in [1.82, 2.24) is 14.9 Å². The Kier molecular flexibility index (Phi) is 10.3. The number of amides is 1. The van der Waals surface area contributed by atoms with Crippen LogP contribution < -0.4 is 10.1 Å². The molecule has 1 amide bonds. The topological polar surface area (TPSA) is 56.2 Å². The summed E-state index contributed by atoms with van der Waals surface area (Å²) in [7, 11) is 1.61. The first-order valence-corrected chi connectivity index (χ1v) is 12.6. The van der Waals surface area contributed by atoms with Gasteiger partial charge in [0.05, 0.1) is 18.1 Å². The zero-order valence-corrected chi connectivity index (χ0v) is 20.3. The number of benzene rings is 2. The number of hydrogen-bond acceptors (Lipinski definition) is 3. The van der Waals surface area contributed by atoms with Crippen molar-refractivity contribution in [3.8, 4) is 5.75 Å². The van der Waals surface area contributed by atoms with Crippen molar-refractivity contribution >= 4 is 16.9 Å². The molecule has 0 bridgehead atoms. The largest absolute Gasteiger partial charge is 0.497 e. The van der Waals surface area contributed by atoms with Gasteiger partial charge in [0.15, 0.2) is 0 Å². The molecule has 33 heavy (non-hydrogen) atoms. The molecule has 0 aliphatic carbocycles. The second kappa shape index (κ2) is 13.7. The summed E-state index contributed by atoms with van der Waals surface area (Å²) >= 11 is 0. The van der Waals surface area contributed by atoms with Gasteiger partial charge in [-0.15, -0.1) is 0 Å². The molecule has 0 saturated heterocycles.